The topological polar surface area (TPSA) is 49.3 Å². The van der Waals surface area contributed by atoms with Gasteiger partial charge in [-0.1, -0.05) is 31.5 Å². The second kappa shape index (κ2) is 5.66. The van der Waals surface area contributed by atoms with Gasteiger partial charge in [-0.3, -0.25) is 4.79 Å². The van der Waals surface area contributed by atoms with Crippen LogP contribution < -0.4 is 5.32 Å². The average Bonchev–Trinajstić information content (AvgIpc) is 2.20. The van der Waals surface area contributed by atoms with Crippen molar-refractivity contribution in [2.24, 2.45) is 5.92 Å². The van der Waals surface area contributed by atoms with Crippen LogP contribution >= 0.6 is 0 Å². The zero-order chi connectivity index (χ0) is 12.1. The summed E-state index contributed by atoms with van der Waals surface area (Å²) in [4.78, 5) is 11.6. The molecule has 0 spiro atoms. The van der Waals surface area contributed by atoms with E-state index in [0.717, 1.165) is 11.3 Å². The van der Waals surface area contributed by atoms with E-state index < -0.39 is 6.10 Å². The van der Waals surface area contributed by atoms with Crippen LogP contribution in [0.2, 0.25) is 0 Å². The molecule has 0 aliphatic heterocycles. The summed E-state index contributed by atoms with van der Waals surface area (Å²) in [6.07, 6.45) is -0.446. The van der Waals surface area contributed by atoms with Gasteiger partial charge in [0, 0.05) is 5.69 Å². The molecule has 0 aromatic heterocycles. The van der Waals surface area contributed by atoms with Crippen LogP contribution in [0.1, 0.15) is 25.8 Å². The smallest absolute Gasteiger partial charge is 0.253 e. The highest BCUT2D eigenvalue weighted by Gasteiger charge is 2.16. The molecule has 0 heterocycles. The molecule has 1 amide bonds. The van der Waals surface area contributed by atoms with Crippen molar-refractivity contribution in [2.45, 2.75) is 33.3 Å². The summed E-state index contributed by atoms with van der Waals surface area (Å²) in [7, 11) is 0. The molecule has 0 radical (unpaired) electrons. The van der Waals surface area contributed by atoms with Crippen molar-refractivity contribution < 1.29 is 9.90 Å². The standard InChI is InChI=1S/C13H19NO2/c1-9(2)8-12(15)13(16)14-11-6-4-10(3)5-7-11/h4-7,9,12,15H,8H2,1-3H3,(H,14,16). The van der Waals surface area contributed by atoms with Crippen LogP contribution in [-0.2, 0) is 4.79 Å². The predicted octanol–water partition coefficient (Wildman–Crippen LogP) is 2.34. The Labute approximate surface area is 96.5 Å². The van der Waals surface area contributed by atoms with E-state index in [9.17, 15) is 9.90 Å². The molecule has 1 unspecified atom stereocenters. The lowest BCUT2D eigenvalue weighted by Gasteiger charge is -2.13. The summed E-state index contributed by atoms with van der Waals surface area (Å²) in [6, 6.07) is 7.50. The number of carbonyl (C=O) groups is 1. The number of benzene rings is 1. The van der Waals surface area contributed by atoms with E-state index in [1.54, 1.807) is 0 Å². The van der Waals surface area contributed by atoms with Gasteiger partial charge in [0.1, 0.15) is 6.10 Å². The van der Waals surface area contributed by atoms with E-state index in [0.29, 0.717) is 12.3 Å². The summed E-state index contributed by atoms with van der Waals surface area (Å²) >= 11 is 0. The summed E-state index contributed by atoms with van der Waals surface area (Å²) in [5, 5.41) is 12.3. The zero-order valence-corrected chi connectivity index (χ0v) is 10.0. The van der Waals surface area contributed by atoms with Gasteiger partial charge < -0.3 is 10.4 Å². The van der Waals surface area contributed by atoms with Gasteiger partial charge in [0.15, 0.2) is 0 Å². The number of hydrogen-bond acceptors (Lipinski definition) is 2. The van der Waals surface area contributed by atoms with Crippen LogP contribution in [0.3, 0.4) is 0 Å². The van der Waals surface area contributed by atoms with Crippen molar-refractivity contribution in [1.82, 2.24) is 0 Å². The number of amides is 1. The Balaban J connectivity index is 2.54. The van der Waals surface area contributed by atoms with E-state index in [1.165, 1.54) is 0 Å². The third kappa shape index (κ3) is 4.03. The molecular weight excluding hydrogens is 202 g/mol. The fourth-order valence-corrected chi connectivity index (χ4v) is 1.42. The Morgan fingerprint density at radius 1 is 1.31 bits per heavy atom. The van der Waals surface area contributed by atoms with Gasteiger partial charge in [0.05, 0.1) is 0 Å². The molecule has 1 atom stereocenters. The lowest BCUT2D eigenvalue weighted by Crippen LogP contribution is -2.28. The molecule has 88 valence electrons. The number of hydrogen-bond donors (Lipinski definition) is 2. The third-order valence-corrected chi connectivity index (χ3v) is 2.32. The molecule has 1 rings (SSSR count). The zero-order valence-electron chi connectivity index (χ0n) is 10.0. The van der Waals surface area contributed by atoms with Crippen LogP contribution in [0.25, 0.3) is 0 Å². The van der Waals surface area contributed by atoms with Gasteiger partial charge in [-0.05, 0) is 31.4 Å². The molecule has 3 nitrogen and oxygen atoms in total. The van der Waals surface area contributed by atoms with Crippen LogP contribution in [0.4, 0.5) is 5.69 Å². The fourth-order valence-electron chi connectivity index (χ4n) is 1.42. The number of carbonyl (C=O) groups excluding carboxylic acids is 1. The molecule has 0 bridgehead atoms. The lowest BCUT2D eigenvalue weighted by atomic mass is 10.1. The van der Waals surface area contributed by atoms with Crippen molar-refractivity contribution in [3.8, 4) is 0 Å². The summed E-state index contributed by atoms with van der Waals surface area (Å²) < 4.78 is 0. The monoisotopic (exact) mass is 221 g/mol. The highest BCUT2D eigenvalue weighted by molar-refractivity contribution is 5.93. The number of anilines is 1. The Kier molecular flexibility index (Phi) is 4.50. The molecular formula is C13H19NO2. The maximum atomic E-state index is 11.6. The van der Waals surface area contributed by atoms with Gasteiger partial charge in [0.2, 0.25) is 0 Å². The van der Waals surface area contributed by atoms with Crippen LogP contribution in [0.5, 0.6) is 0 Å². The first-order chi connectivity index (χ1) is 7.49. The first kappa shape index (κ1) is 12.7. The number of aliphatic hydroxyl groups excluding tert-OH is 1. The maximum Gasteiger partial charge on any atom is 0.253 e. The average molecular weight is 221 g/mol. The number of nitrogens with one attached hydrogen (secondary N) is 1. The highest BCUT2D eigenvalue weighted by Crippen LogP contribution is 2.11. The maximum absolute atomic E-state index is 11.6. The van der Waals surface area contributed by atoms with Crippen molar-refractivity contribution >= 4 is 11.6 Å². The van der Waals surface area contributed by atoms with Gasteiger partial charge in [-0.2, -0.15) is 0 Å². The number of aryl methyl sites for hydroxylation is 1. The first-order valence-corrected chi connectivity index (χ1v) is 5.54. The van der Waals surface area contributed by atoms with Crippen molar-refractivity contribution in [2.75, 3.05) is 5.32 Å². The molecule has 1 aromatic carbocycles. The van der Waals surface area contributed by atoms with Crippen molar-refractivity contribution in [3.63, 3.8) is 0 Å². The highest BCUT2D eigenvalue weighted by atomic mass is 16.3. The van der Waals surface area contributed by atoms with Crippen LogP contribution in [-0.4, -0.2) is 17.1 Å². The van der Waals surface area contributed by atoms with Crippen LogP contribution in [0.15, 0.2) is 24.3 Å². The summed E-state index contributed by atoms with van der Waals surface area (Å²) in [5.41, 5.74) is 1.86. The van der Waals surface area contributed by atoms with Crippen LogP contribution in [0, 0.1) is 12.8 Å². The Morgan fingerprint density at radius 3 is 2.38 bits per heavy atom. The second-order valence-electron chi connectivity index (χ2n) is 4.50. The first-order valence-electron chi connectivity index (χ1n) is 5.54. The van der Waals surface area contributed by atoms with Crippen molar-refractivity contribution in [1.29, 1.82) is 0 Å². The van der Waals surface area contributed by atoms with E-state index in [1.807, 2.05) is 45.0 Å². The summed E-state index contributed by atoms with van der Waals surface area (Å²) in [5.74, 6) is -0.0312. The molecule has 3 heteroatoms. The largest absolute Gasteiger partial charge is 0.383 e. The normalized spacial score (nSPS) is 12.6. The molecule has 16 heavy (non-hydrogen) atoms. The van der Waals surface area contributed by atoms with Gasteiger partial charge in [0.25, 0.3) is 5.91 Å². The molecule has 2 N–H and O–H groups in total. The van der Waals surface area contributed by atoms with E-state index >= 15 is 0 Å². The lowest BCUT2D eigenvalue weighted by molar-refractivity contribution is -0.124. The Morgan fingerprint density at radius 2 is 1.88 bits per heavy atom. The molecule has 0 aliphatic rings. The van der Waals surface area contributed by atoms with Crippen molar-refractivity contribution in [3.05, 3.63) is 29.8 Å². The number of rotatable bonds is 4. The summed E-state index contributed by atoms with van der Waals surface area (Å²) in [6.45, 7) is 5.93. The quantitative estimate of drug-likeness (QED) is 0.820. The Hall–Kier alpha value is -1.35. The molecule has 0 saturated carbocycles. The van der Waals surface area contributed by atoms with Gasteiger partial charge in [-0.25, -0.2) is 0 Å². The molecule has 0 fully saturated rings. The second-order valence-corrected chi connectivity index (χ2v) is 4.50. The minimum absolute atomic E-state index is 0.304. The Bertz CT molecular complexity index is 343. The fraction of sp³-hybridized carbons (Fsp3) is 0.462. The van der Waals surface area contributed by atoms with Gasteiger partial charge >= 0.3 is 0 Å². The van der Waals surface area contributed by atoms with E-state index in [2.05, 4.69) is 5.32 Å². The minimum atomic E-state index is -0.929. The van der Waals surface area contributed by atoms with E-state index in [-0.39, 0.29) is 5.91 Å². The molecule has 1 aromatic rings. The minimum Gasteiger partial charge on any atom is -0.383 e. The SMILES string of the molecule is Cc1ccc(NC(=O)C(O)CC(C)C)cc1. The number of aliphatic hydroxyl groups is 1. The third-order valence-electron chi connectivity index (χ3n) is 2.32. The molecule has 0 aliphatic carbocycles. The molecule has 0 saturated heterocycles. The van der Waals surface area contributed by atoms with Gasteiger partial charge in [-0.15, -0.1) is 0 Å². The van der Waals surface area contributed by atoms with E-state index in [4.69, 9.17) is 0 Å². The predicted molar refractivity (Wildman–Crippen MR) is 65.3 cm³/mol.